The third-order valence-corrected chi connectivity index (χ3v) is 9.00. The number of fused-ring (bicyclic) bond motifs is 1. The lowest BCUT2D eigenvalue weighted by atomic mass is 9.78. The zero-order valence-corrected chi connectivity index (χ0v) is 20.6. The zero-order chi connectivity index (χ0) is 26.5. The average Bonchev–Trinajstić information content (AvgIpc) is 3.49. The number of alkyl halides is 3. The third kappa shape index (κ3) is 4.58. The number of carboxylic acids is 1. The summed E-state index contributed by atoms with van der Waals surface area (Å²) in [6, 6.07) is -2.85. The quantitative estimate of drug-likeness (QED) is 0.317. The molecule has 8 atom stereocenters. The fraction of sp³-hybridized carbons (Fsp3) is 0.727. The first-order valence-corrected chi connectivity index (χ1v) is 12.7. The number of likely N-dealkylation sites (tertiary alicyclic amines) is 1. The van der Waals surface area contributed by atoms with Gasteiger partial charge in [0.05, 0.1) is 24.0 Å². The van der Waals surface area contributed by atoms with E-state index in [1.165, 1.54) is 28.5 Å². The molecule has 5 N–H and O–H groups in total. The van der Waals surface area contributed by atoms with Crippen LogP contribution in [-0.4, -0.2) is 100 Å². The van der Waals surface area contributed by atoms with Crippen LogP contribution in [0.5, 0.6) is 0 Å². The van der Waals surface area contributed by atoms with E-state index in [-0.39, 0.29) is 29.4 Å². The topological polar surface area (TPSA) is 145 Å². The van der Waals surface area contributed by atoms with Crippen LogP contribution in [0.2, 0.25) is 0 Å². The van der Waals surface area contributed by atoms with Gasteiger partial charge < -0.3 is 31.3 Å². The number of nitrogens with two attached hydrogens (primary N) is 1. The number of hydrogen-bond acceptors (Lipinski definition) is 7. The molecule has 10 nitrogen and oxygen atoms in total. The summed E-state index contributed by atoms with van der Waals surface area (Å²) in [4.78, 5) is 52.4. The Kier molecular flexibility index (Phi) is 7.58. The Morgan fingerprint density at radius 2 is 2.00 bits per heavy atom. The minimum absolute atomic E-state index is 0.149. The predicted molar refractivity (Wildman–Crippen MR) is 123 cm³/mol. The van der Waals surface area contributed by atoms with Crippen LogP contribution in [0.4, 0.5) is 13.2 Å². The first-order chi connectivity index (χ1) is 17.0. The van der Waals surface area contributed by atoms with Gasteiger partial charge in [0, 0.05) is 41.2 Å². The number of carbonyl (C=O) groups excluding carboxylic acids is 3. The van der Waals surface area contributed by atoms with Crippen molar-refractivity contribution >= 4 is 35.5 Å². The predicted octanol–water partition coefficient (Wildman–Crippen LogP) is -0.109. The molecule has 0 aliphatic carbocycles. The Hall–Kier alpha value is -2.32. The van der Waals surface area contributed by atoms with E-state index in [1.54, 1.807) is 6.92 Å². The van der Waals surface area contributed by atoms with Crippen molar-refractivity contribution in [3.8, 4) is 0 Å². The summed E-state index contributed by atoms with van der Waals surface area (Å²) in [7, 11) is 0. The number of nitrogens with one attached hydrogen (secondary N) is 2. The number of aliphatic carboxylic acids is 1. The van der Waals surface area contributed by atoms with Crippen LogP contribution >= 0.6 is 11.8 Å². The van der Waals surface area contributed by atoms with Crippen molar-refractivity contribution in [3.05, 3.63) is 10.6 Å². The van der Waals surface area contributed by atoms with Gasteiger partial charge in [-0.1, -0.05) is 6.92 Å². The maximum Gasteiger partial charge on any atom is 0.353 e. The van der Waals surface area contributed by atoms with E-state index in [1.807, 2.05) is 0 Å². The molecule has 0 bridgehead atoms. The number of β-lactam (4-membered cyclic amide) rings is 1. The van der Waals surface area contributed by atoms with Gasteiger partial charge in [0.15, 0.2) is 0 Å². The van der Waals surface area contributed by atoms with Gasteiger partial charge in [0.25, 0.3) is 5.91 Å². The van der Waals surface area contributed by atoms with E-state index in [9.17, 15) is 37.5 Å². The van der Waals surface area contributed by atoms with Gasteiger partial charge in [-0.3, -0.25) is 14.4 Å². The van der Waals surface area contributed by atoms with Crippen molar-refractivity contribution in [1.82, 2.24) is 20.4 Å². The third-order valence-electron chi connectivity index (χ3n) is 7.49. The second-order valence-electron chi connectivity index (χ2n) is 9.86. The smallest absolute Gasteiger partial charge is 0.353 e. The maximum atomic E-state index is 13.4. The lowest BCUT2D eigenvalue weighted by Crippen LogP contribution is -2.66. The molecule has 4 aliphatic heterocycles. The molecule has 0 aromatic carbocycles. The van der Waals surface area contributed by atoms with E-state index in [2.05, 4.69) is 10.6 Å². The Labute approximate surface area is 210 Å². The molecule has 36 heavy (non-hydrogen) atoms. The summed E-state index contributed by atoms with van der Waals surface area (Å²) < 4.78 is 38.7. The van der Waals surface area contributed by atoms with Crippen LogP contribution in [-0.2, 0) is 19.2 Å². The molecule has 1 unspecified atom stereocenters. The normalized spacial score (nSPS) is 34.8. The fourth-order valence-electron chi connectivity index (χ4n) is 5.80. The first-order valence-electron chi connectivity index (χ1n) is 11.9. The van der Waals surface area contributed by atoms with Crippen LogP contribution in [0.15, 0.2) is 10.6 Å². The zero-order valence-electron chi connectivity index (χ0n) is 19.8. The molecular formula is C22H30F3N5O5S. The Morgan fingerprint density at radius 1 is 1.31 bits per heavy atom. The second kappa shape index (κ2) is 10.2. The summed E-state index contributed by atoms with van der Waals surface area (Å²) in [5.41, 5.74) is 5.75. The highest BCUT2D eigenvalue weighted by Crippen LogP contribution is 2.51. The number of hydrogen-bond donors (Lipinski definition) is 4. The molecule has 4 heterocycles. The van der Waals surface area contributed by atoms with E-state index < -0.39 is 66.9 Å². The summed E-state index contributed by atoms with van der Waals surface area (Å²) >= 11 is 1.28. The summed E-state index contributed by atoms with van der Waals surface area (Å²) in [6.45, 7) is 3.24. The Morgan fingerprint density at radius 3 is 2.61 bits per heavy atom. The van der Waals surface area contributed by atoms with Crippen LogP contribution in [0.1, 0.15) is 26.7 Å². The van der Waals surface area contributed by atoms with Crippen LogP contribution in [0, 0.1) is 11.8 Å². The van der Waals surface area contributed by atoms with Crippen molar-refractivity contribution in [1.29, 1.82) is 0 Å². The van der Waals surface area contributed by atoms with Gasteiger partial charge in [-0.05, 0) is 19.8 Å². The molecule has 3 fully saturated rings. The highest BCUT2D eigenvalue weighted by Gasteiger charge is 2.60. The van der Waals surface area contributed by atoms with Gasteiger partial charge in [0.2, 0.25) is 11.8 Å². The van der Waals surface area contributed by atoms with Crippen LogP contribution < -0.4 is 16.4 Å². The van der Waals surface area contributed by atoms with Gasteiger partial charge >= 0.3 is 12.4 Å². The van der Waals surface area contributed by atoms with E-state index in [4.69, 9.17) is 5.73 Å². The average molecular weight is 534 g/mol. The molecule has 0 spiro atoms. The molecule has 3 saturated heterocycles. The molecular weight excluding hydrogens is 503 g/mol. The lowest BCUT2D eigenvalue weighted by Gasteiger charge is -2.47. The molecule has 3 amide bonds. The minimum atomic E-state index is -3.22. The van der Waals surface area contributed by atoms with Crippen LogP contribution in [0.25, 0.3) is 0 Å². The second-order valence-corrected chi connectivity index (χ2v) is 11.2. The van der Waals surface area contributed by atoms with Crippen molar-refractivity contribution in [3.63, 3.8) is 0 Å². The summed E-state index contributed by atoms with van der Waals surface area (Å²) in [5.74, 6) is -4.77. The first kappa shape index (κ1) is 26.7. The highest BCUT2D eigenvalue weighted by molar-refractivity contribution is 8.03. The monoisotopic (exact) mass is 533 g/mol. The van der Waals surface area contributed by atoms with Crippen LogP contribution in [0.3, 0.4) is 0 Å². The number of carboxylic acid groups (broad SMARTS) is 1. The number of amides is 3. The van der Waals surface area contributed by atoms with E-state index in [0.29, 0.717) is 24.3 Å². The highest BCUT2D eigenvalue weighted by atomic mass is 32.2. The molecule has 200 valence electrons. The SMILES string of the molecule is CC(NC(=O)C(F)F)[C@H]1C(=O)N2C(C(=O)O)=C(S[C@@H]3CN[C@H](C(=O)N4C[C@@H](N)C[C@H]4CF)C3)[C@H](C)[C@H]12. The Bertz CT molecular complexity index is 984. The Balaban J connectivity index is 1.44. The molecule has 0 aromatic rings. The standard InChI is InChI=1S/C22H30F3N5O5S/c1-8-15-14(9(2)28-19(31)18(24)25)21(33)30(15)16(22(34)35)17(8)36-12-4-13(27-6-12)20(32)29-7-10(26)3-11(29)5-23/h8-15,18,27H,3-7,26H2,1-2H3,(H,28,31)(H,34,35)/t8-,9?,10+,11+,12+,13+,14-,15-/m1/s1. The molecule has 0 radical (unpaired) electrons. The molecule has 4 aliphatic rings. The van der Waals surface area contributed by atoms with Gasteiger partial charge in [0.1, 0.15) is 12.4 Å². The lowest BCUT2D eigenvalue weighted by molar-refractivity contribution is -0.159. The number of thioether (sulfide) groups is 1. The summed E-state index contributed by atoms with van der Waals surface area (Å²) in [5, 5.41) is 15.0. The van der Waals surface area contributed by atoms with Crippen molar-refractivity contribution < 1.29 is 37.5 Å². The van der Waals surface area contributed by atoms with Gasteiger partial charge in [-0.2, -0.15) is 8.78 Å². The van der Waals surface area contributed by atoms with Gasteiger partial charge in [-0.15, -0.1) is 11.8 Å². The molecule has 4 rings (SSSR count). The molecule has 14 heteroatoms. The number of nitrogens with zero attached hydrogens (tertiary/aromatic N) is 2. The summed E-state index contributed by atoms with van der Waals surface area (Å²) in [6.07, 6.45) is -2.43. The largest absolute Gasteiger partial charge is 0.477 e. The fourth-order valence-corrected chi connectivity index (χ4v) is 7.28. The van der Waals surface area contributed by atoms with Crippen molar-refractivity contribution in [2.24, 2.45) is 17.6 Å². The number of rotatable bonds is 8. The molecule has 0 aromatic heterocycles. The van der Waals surface area contributed by atoms with Gasteiger partial charge in [-0.25, -0.2) is 9.18 Å². The number of halogens is 3. The minimum Gasteiger partial charge on any atom is -0.477 e. The number of carbonyl (C=O) groups is 4. The van der Waals surface area contributed by atoms with E-state index in [0.717, 1.165) is 0 Å². The molecule has 0 saturated carbocycles. The van der Waals surface area contributed by atoms with Crippen molar-refractivity contribution in [2.45, 2.75) is 68.6 Å². The van der Waals surface area contributed by atoms with Crippen molar-refractivity contribution in [2.75, 3.05) is 19.8 Å². The van der Waals surface area contributed by atoms with E-state index >= 15 is 0 Å². The maximum absolute atomic E-state index is 13.4.